The Morgan fingerprint density at radius 3 is 2.36 bits per heavy atom. The van der Waals surface area contributed by atoms with Crippen LogP contribution in [0.1, 0.15) is 10.4 Å². The van der Waals surface area contributed by atoms with Gasteiger partial charge in [-0.3, -0.25) is 0 Å². The number of nitroso groups, excluding NO2 is 2. The molecule has 0 fully saturated rings. The van der Waals surface area contributed by atoms with Crippen molar-refractivity contribution in [3.8, 4) is 0 Å². The van der Waals surface area contributed by atoms with E-state index in [1.165, 1.54) is 12.1 Å². The van der Waals surface area contributed by atoms with Crippen molar-refractivity contribution in [3.63, 3.8) is 0 Å². The maximum absolute atomic E-state index is 10.9. The maximum atomic E-state index is 10.9. The normalized spacial score (nSPS) is 9.21. The number of carbonyl (C=O) groups is 1. The molecule has 0 unspecified atom stereocenters. The molecule has 1 aromatic carbocycles. The summed E-state index contributed by atoms with van der Waals surface area (Å²) < 4.78 is 0. The summed E-state index contributed by atoms with van der Waals surface area (Å²) in [5.74, 6) is 3.80. The van der Waals surface area contributed by atoms with E-state index in [0.717, 1.165) is 6.07 Å². The van der Waals surface area contributed by atoms with Crippen LogP contribution in [0.15, 0.2) is 28.6 Å². The molecule has 0 bridgehead atoms. The molecule has 0 saturated carbocycles. The van der Waals surface area contributed by atoms with Gasteiger partial charge in [0.15, 0.2) is 0 Å². The van der Waals surface area contributed by atoms with Crippen molar-refractivity contribution in [1.82, 2.24) is 0 Å². The molecule has 0 aromatic heterocycles. The van der Waals surface area contributed by atoms with Crippen LogP contribution >= 0.6 is 0 Å². The molecule has 0 atom stereocenters. The molecule has 14 heavy (non-hydrogen) atoms. The fourth-order valence-corrected chi connectivity index (χ4v) is 0.869. The van der Waals surface area contributed by atoms with Gasteiger partial charge in [-0.05, 0) is 28.6 Å². The quantitative estimate of drug-likeness (QED) is 0.580. The third-order valence-electron chi connectivity index (χ3n) is 1.51. The summed E-state index contributed by atoms with van der Waals surface area (Å²) in [7, 11) is 0. The van der Waals surface area contributed by atoms with E-state index in [1.807, 2.05) is 0 Å². The summed E-state index contributed by atoms with van der Waals surface area (Å²) in [5, 5.41) is 5.07. The molecular formula is C7H5N3O4. The SMILES string of the molecule is NOC(=O)c1ccc(N=O)c(N=O)c1. The first kappa shape index (κ1) is 9.93. The lowest BCUT2D eigenvalue weighted by atomic mass is 10.2. The first-order valence-electron chi connectivity index (χ1n) is 3.44. The van der Waals surface area contributed by atoms with Crippen molar-refractivity contribution in [2.75, 3.05) is 0 Å². The molecule has 0 heterocycles. The highest BCUT2D eigenvalue weighted by Crippen LogP contribution is 2.28. The Morgan fingerprint density at radius 1 is 1.21 bits per heavy atom. The Kier molecular flexibility index (Phi) is 2.97. The molecule has 0 aliphatic carbocycles. The number of nitrogens with two attached hydrogens (primary N) is 1. The zero-order valence-corrected chi connectivity index (χ0v) is 6.84. The smallest absolute Gasteiger partial charge is 0.356 e. The highest BCUT2D eigenvalue weighted by molar-refractivity contribution is 5.91. The number of benzene rings is 1. The van der Waals surface area contributed by atoms with Crippen LogP contribution < -0.4 is 5.90 Å². The predicted molar refractivity (Wildman–Crippen MR) is 47.0 cm³/mol. The second-order valence-electron chi connectivity index (χ2n) is 2.29. The minimum atomic E-state index is -0.827. The molecule has 0 amide bonds. The van der Waals surface area contributed by atoms with Crippen LogP contribution in [-0.4, -0.2) is 5.97 Å². The molecule has 0 saturated heterocycles. The Morgan fingerprint density at radius 2 is 1.86 bits per heavy atom. The third-order valence-corrected chi connectivity index (χ3v) is 1.51. The second kappa shape index (κ2) is 4.19. The van der Waals surface area contributed by atoms with Gasteiger partial charge < -0.3 is 4.84 Å². The van der Waals surface area contributed by atoms with Crippen LogP contribution in [0.4, 0.5) is 11.4 Å². The molecule has 1 rings (SSSR count). The summed E-state index contributed by atoms with van der Waals surface area (Å²) in [4.78, 5) is 35.2. The lowest BCUT2D eigenvalue weighted by molar-refractivity contribution is 0.0503. The highest BCUT2D eigenvalue weighted by Gasteiger charge is 2.10. The van der Waals surface area contributed by atoms with Gasteiger partial charge in [0.2, 0.25) is 0 Å². The fourth-order valence-electron chi connectivity index (χ4n) is 0.869. The first-order valence-corrected chi connectivity index (χ1v) is 3.44. The van der Waals surface area contributed by atoms with Crippen LogP contribution in [0.2, 0.25) is 0 Å². The van der Waals surface area contributed by atoms with Gasteiger partial charge in [0.25, 0.3) is 0 Å². The van der Waals surface area contributed by atoms with Gasteiger partial charge in [-0.1, -0.05) is 0 Å². The van der Waals surface area contributed by atoms with Gasteiger partial charge in [-0.25, -0.2) is 4.79 Å². The van der Waals surface area contributed by atoms with Gasteiger partial charge in [0, 0.05) is 0 Å². The van der Waals surface area contributed by atoms with Crippen molar-refractivity contribution in [2.24, 2.45) is 16.3 Å². The predicted octanol–water partition coefficient (Wildman–Crippen LogP) is 1.51. The largest absolute Gasteiger partial charge is 0.370 e. The van der Waals surface area contributed by atoms with Crippen molar-refractivity contribution >= 4 is 17.3 Å². The van der Waals surface area contributed by atoms with E-state index in [0.29, 0.717) is 0 Å². The van der Waals surface area contributed by atoms with Crippen molar-refractivity contribution in [3.05, 3.63) is 33.6 Å². The average Bonchev–Trinajstić information content (AvgIpc) is 2.26. The van der Waals surface area contributed by atoms with Crippen LogP contribution in [0.5, 0.6) is 0 Å². The molecule has 7 nitrogen and oxygen atoms in total. The number of carbonyl (C=O) groups excluding carboxylic acids is 1. The van der Waals surface area contributed by atoms with Crippen LogP contribution in [0, 0.1) is 9.81 Å². The summed E-state index contributed by atoms with van der Waals surface area (Å²) in [6.07, 6.45) is 0. The van der Waals surface area contributed by atoms with E-state index in [2.05, 4.69) is 21.1 Å². The fraction of sp³-hybridized carbons (Fsp3) is 0. The minimum absolute atomic E-state index is 0.0227. The van der Waals surface area contributed by atoms with Gasteiger partial charge in [-0.15, -0.1) is 9.81 Å². The Balaban J connectivity index is 3.20. The maximum Gasteiger partial charge on any atom is 0.356 e. The topological polar surface area (TPSA) is 111 Å². The monoisotopic (exact) mass is 195 g/mol. The standard InChI is InChI=1S/C7H5N3O4/c8-14-7(11)4-1-2-5(9-12)6(3-4)10-13/h1-3H,8H2. The second-order valence-corrected chi connectivity index (χ2v) is 2.29. The van der Waals surface area contributed by atoms with Crippen LogP contribution in [-0.2, 0) is 4.84 Å². The zero-order chi connectivity index (χ0) is 10.6. The average molecular weight is 195 g/mol. The molecule has 0 aliphatic heterocycles. The van der Waals surface area contributed by atoms with Crippen molar-refractivity contribution in [2.45, 2.75) is 0 Å². The molecule has 0 radical (unpaired) electrons. The third kappa shape index (κ3) is 1.77. The molecule has 1 aromatic rings. The van der Waals surface area contributed by atoms with Crippen molar-refractivity contribution < 1.29 is 9.63 Å². The molecular weight excluding hydrogens is 190 g/mol. The Labute approximate surface area is 77.8 Å². The van der Waals surface area contributed by atoms with E-state index >= 15 is 0 Å². The molecule has 7 heteroatoms. The Bertz CT molecular complexity index is 391. The molecule has 0 aliphatic rings. The lowest BCUT2D eigenvalue weighted by Crippen LogP contribution is -2.09. The minimum Gasteiger partial charge on any atom is -0.370 e. The number of hydrogen-bond donors (Lipinski definition) is 1. The van der Waals surface area contributed by atoms with Crippen LogP contribution in [0.3, 0.4) is 0 Å². The molecule has 72 valence electrons. The molecule has 2 N–H and O–H groups in total. The van der Waals surface area contributed by atoms with Gasteiger partial charge >= 0.3 is 5.97 Å². The van der Waals surface area contributed by atoms with Gasteiger partial charge in [0.05, 0.1) is 5.56 Å². The van der Waals surface area contributed by atoms with E-state index in [1.54, 1.807) is 0 Å². The van der Waals surface area contributed by atoms with E-state index in [4.69, 9.17) is 0 Å². The van der Waals surface area contributed by atoms with E-state index < -0.39 is 5.97 Å². The van der Waals surface area contributed by atoms with E-state index in [-0.39, 0.29) is 16.9 Å². The summed E-state index contributed by atoms with van der Waals surface area (Å²) in [6, 6.07) is 3.50. The number of nitrogens with zero attached hydrogens (tertiary/aromatic N) is 2. The molecule has 0 spiro atoms. The number of rotatable bonds is 3. The van der Waals surface area contributed by atoms with Crippen molar-refractivity contribution in [1.29, 1.82) is 0 Å². The Hall–Kier alpha value is -2.15. The lowest BCUT2D eigenvalue weighted by Gasteiger charge is -1.98. The highest BCUT2D eigenvalue weighted by atomic mass is 16.7. The zero-order valence-electron chi connectivity index (χ0n) is 6.84. The first-order chi connectivity index (χ1) is 6.72. The number of hydrogen-bond acceptors (Lipinski definition) is 7. The van der Waals surface area contributed by atoms with Gasteiger partial charge in [0.1, 0.15) is 11.4 Å². The van der Waals surface area contributed by atoms with E-state index in [9.17, 15) is 14.6 Å². The summed E-state index contributed by atoms with van der Waals surface area (Å²) in [6.45, 7) is 0. The summed E-state index contributed by atoms with van der Waals surface area (Å²) in [5.41, 5.74) is -0.356. The summed E-state index contributed by atoms with van der Waals surface area (Å²) >= 11 is 0. The van der Waals surface area contributed by atoms with Gasteiger partial charge in [-0.2, -0.15) is 5.90 Å². The van der Waals surface area contributed by atoms with Crippen LogP contribution in [0.25, 0.3) is 0 Å².